The van der Waals surface area contributed by atoms with Crippen molar-refractivity contribution in [2.24, 2.45) is 0 Å². The van der Waals surface area contributed by atoms with Crippen LogP contribution in [-0.4, -0.2) is 23.5 Å². The first-order valence-electron chi connectivity index (χ1n) is 7.55. The second-order valence-electron chi connectivity index (χ2n) is 5.22. The van der Waals surface area contributed by atoms with E-state index in [2.05, 4.69) is 10.3 Å². The van der Waals surface area contributed by atoms with Crippen LogP contribution in [0.15, 0.2) is 42.5 Å². The molecule has 0 aliphatic carbocycles. The van der Waals surface area contributed by atoms with E-state index in [-0.39, 0.29) is 22.9 Å². The zero-order chi connectivity index (χ0) is 18.0. The fraction of sp³-hybridized carbons (Fsp3) is 0.111. The molecule has 1 heterocycles. The van der Waals surface area contributed by atoms with Crippen molar-refractivity contribution in [2.75, 3.05) is 11.9 Å². The molecule has 0 aliphatic heterocycles. The van der Waals surface area contributed by atoms with Crippen LogP contribution in [0, 0.1) is 0 Å². The number of aromatic amines is 1. The molecule has 1 amide bonds. The molecular formula is C18H14Cl2N2O3. The molecule has 1 aromatic heterocycles. The summed E-state index contributed by atoms with van der Waals surface area (Å²) in [5, 5.41) is 4.10. The average Bonchev–Trinajstić information content (AvgIpc) is 2.94. The van der Waals surface area contributed by atoms with E-state index in [1.807, 2.05) is 18.2 Å². The number of rotatable bonds is 4. The van der Waals surface area contributed by atoms with Gasteiger partial charge in [0.2, 0.25) is 0 Å². The van der Waals surface area contributed by atoms with Gasteiger partial charge in [-0.05, 0) is 31.2 Å². The number of carbonyl (C=O) groups is 2. The lowest BCUT2D eigenvalue weighted by Gasteiger charge is -2.08. The van der Waals surface area contributed by atoms with E-state index in [9.17, 15) is 9.59 Å². The standard InChI is InChI=1S/C18H14Cl2N2O3/c1-2-25-18(24)16-15(12-5-3-4-6-14(12)21-16)22-17(23)11-8-7-10(19)9-13(11)20/h3-9,21H,2H2,1H3,(H,22,23). The van der Waals surface area contributed by atoms with E-state index < -0.39 is 11.9 Å². The average molecular weight is 377 g/mol. The molecule has 25 heavy (non-hydrogen) atoms. The van der Waals surface area contributed by atoms with Crippen molar-refractivity contribution in [2.45, 2.75) is 6.92 Å². The van der Waals surface area contributed by atoms with Crippen molar-refractivity contribution < 1.29 is 14.3 Å². The lowest BCUT2D eigenvalue weighted by atomic mass is 10.1. The maximum absolute atomic E-state index is 12.6. The minimum Gasteiger partial charge on any atom is -0.461 e. The van der Waals surface area contributed by atoms with Crippen LogP contribution in [0.5, 0.6) is 0 Å². The van der Waals surface area contributed by atoms with E-state index in [0.29, 0.717) is 21.6 Å². The first-order valence-corrected chi connectivity index (χ1v) is 8.31. The fourth-order valence-corrected chi connectivity index (χ4v) is 2.98. The second-order valence-corrected chi connectivity index (χ2v) is 6.06. The van der Waals surface area contributed by atoms with Gasteiger partial charge in [0.1, 0.15) is 5.69 Å². The summed E-state index contributed by atoms with van der Waals surface area (Å²) < 4.78 is 5.06. The van der Waals surface area contributed by atoms with Gasteiger partial charge < -0.3 is 15.0 Å². The first-order chi connectivity index (χ1) is 12.0. The highest BCUT2D eigenvalue weighted by molar-refractivity contribution is 6.37. The Bertz CT molecular complexity index is 966. The van der Waals surface area contributed by atoms with E-state index >= 15 is 0 Å². The Morgan fingerprint density at radius 1 is 1.16 bits per heavy atom. The maximum Gasteiger partial charge on any atom is 0.356 e. The zero-order valence-corrected chi connectivity index (χ0v) is 14.7. The Morgan fingerprint density at radius 3 is 2.64 bits per heavy atom. The Morgan fingerprint density at radius 2 is 1.92 bits per heavy atom. The number of hydrogen-bond donors (Lipinski definition) is 2. The third kappa shape index (κ3) is 3.48. The van der Waals surface area contributed by atoms with Gasteiger partial charge in [0, 0.05) is 15.9 Å². The highest BCUT2D eigenvalue weighted by atomic mass is 35.5. The van der Waals surface area contributed by atoms with Crippen molar-refractivity contribution in [3.8, 4) is 0 Å². The molecule has 2 aromatic carbocycles. The number of anilines is 1. The topological polar surface area (TPSA) is 71.2 Å². The summed E-state index contributed by atoms with van der Waals surface area (Å²) in [6.45, 7) is 1.94. The molecule has 3 aromatic rings. The van der Waals surface area contributed by atoms with Crippen molar-refractivity contribution in [1.82, 2.24) is 4.98 Å². The van der Waals surface area contributed by atoms with Crippen LogP contribution in [0.4, 0.5) is 5.69 Å². The predicted molar refractivity (Wildman–Crippen MR) is 98.7 cm³/mol. The Hall–Kier alpha value is -2.50. The number of para-hydroxylation sites is 1. The highest BCUT2D eigenvalue weighted by Crippen LogP contribution is 2.30. The minimum absolute atomic E-state index is 0.182. The molecule has 0 unspecified atom stereocenters. The van der Waals surface area contributed by atoms with Crippen LogP contribution in [0.3, 0.4) is 0 Å². The number of fused-ring (bicyclic) bond motifs is 1. The predicted octanol–water partition coefficient (Wildman–Crippen LogP) is 4.90. The number of nitrogens with one attached hydrogen (secondary N) is 2. The fourth-order valence-electron chi connectivity index (χ4n) is 2.48. The third-order valence-electron chi connectivity index (χ3n) is 3.60. The van der Waals surface area contributed by atoms with E-state index in [1.165, 1.54) is 12.1 Å². The van der Waals surface area contributed by atoms with Crippen LogP contribution in [0.25, 0.3) is 10.9 Å². The van der Waals surface area contributed by atoms with Crippen molar-refractivity contribution in [1.29, 1.82) is 0 Å². The van der Waals surface area contributed by atoms with Crippen molar-refractivity contribution in [3.05, 3.63) is 63.8 Å². The van der Waals surface area contributed by atoms with Crippen LogP contribution in [0.1, 0.15) is 27.8 Å². The molecule has 0 saturated carbocycles. The monoisotopic (exact) mass is 376 g/mol. The summed E-state index contributed by atoms with van der Waals surface area (Å²) in [7, 11) is 0. The second kappa shape index (κ2) is 7.17. The van der Waals surface area contributed by atoms with E-state index in [0.717, 1.165) is 0 Å². The van der Waals surface area contributed by atoms with Gasteiger partial charge >= 0.3 is 5.97 Å². The molecule has 2 N–H and O–H groups in total. The number of H-pyrrole nitrogens is 1. The largest absolute Gasteiger partial charge is 0.461 e. The summed E-state index contributed by atoms with van der Waals surface area (Å²) in [6.07, 6.45) is 0. The summed E-state index contributed by atoms with van der Waals surface area (Å²) in [6, 6.07) is 11.8. The maximum atomic E-state index is 12.6. The Labute approximate surface area is 153 Å². The van der Waals surface area contributed by atoms with Crippen LogP contribution < -0.4 is 5.32 Å². The number of aromatic nitrogens is 1. The molecular weight excluding hydrogens is 363 g/mol. The highest BCUT2D eigenvalue weighted by Gasteiger charge is 2.21. The quantitative estimate of drug-likeness (QED) is 0.635. The molecule has 0 saturated heterocycles. The smallest absolute Gasteiger partial charge is 0.356 e. The van der Waals surface area contributed by atoms with Crippen LogP contribution in [0.2, 0.25) is 10.0 Å². The summed E-state index contributed by atoms with van der Waals surface area (Å²) in [5.41, 5.74) is 1.50. The van der Waals surface area contributed by atoms with Gasteiger partial charge in [-0.15, -0.1) is 0 Å². The number of carbonyl (C=O) groups excluding carboxylic acids is 2. The number of amides is 1. The molecule has 7 heteroatoms. The third-order valence-corrected chi connectivity index (χ3v) is 4.15. The number of ether oxygens (including phenoxy) is 1. The van der Waals surface area contributed by atoms with Gasteiger partial charge in [-0.1, -0.05) is 41.4 Å². The summed E-state index contributed by atoms with van der Waals surface area (Å²) >= 11 is 12.0. The molecule has 128 valence electrons. The molecule has 0 fully saturated rings. The van der Waals surface area contributed by atoms with Crippen LogP contribution in [-0.2, 0) is 4.74 Å². The minimum atomic E-state index is -0.545. The molecule has 0 atom stereocenters. The van der Waals surface area contributed by atoms with Gasteiger partial charge in [-0.3, -0.25) is 4.79 Å². The van der Waals surface area contributed by atoms with Gasteiger partial charge in [-0.25, -0.2) is 4.79 Å². The number of benzene rings is 2. The number of hydrogen-bond acceptors (Lipinski definition) is 3. The van der Waals surface area contributed by atoms with Gasteiger partial charge in [0.15, 0.2) is 0 Å². The first kappa shape index (κ1) is 17.3. The number of esters is 1. The van der Waals surface area contributed by atoms with Gasteiger partial charge in [-0.2, -0.15) is 0 Å². The lowest BCUT2D eigenvalue weighted by Crippen LogP contribution is -2.16. The SMILES string of the molecule is CCOC(=O)c1[nH]c2ccccc2c1NC(=O)c1ccc(Cl)cc1Cl. The molecule has 0 radical (unpaired) electrons. The van der Waals surface area contributed by atoms with Gasteiger partial charge in [0.25, 0.3) is 5.91 Å². The molecule has 0 spiro atoms. The summed E-state index contributed by atoms with van der Waals surface area (Å²) in [5.74, 6) is -0.992. The summed E-state index contributed by atoms with van der Waals surface area (Å²) in [4.78, 5) is 27.8. The molecule has 5 nitrogen and oxygen atoms in total. The molecule has 0 aliphatic rings. The lowest BCUT2D eigenvalue weighted by molar-refractivity contribution is 0.0522. The van der Waals surface area contributed by atoms with Crippen molar-refractivity contribution in [3.63, 3.8) is 0 Å². The van der Waals surface area contributed by atoms with Crippen molar-refractivity contribution >= 4 is 51.7 Å². The normalized spacial score (nSPS) is 10.7. The van der Waals surface area contributed by atoms with Gasteiger partial charge in [0.05, 0.1) is 22.9 Å². The number of halogens is 2. The van der Waals surface area contributed by atoms with E-state index in [1.54, 1.807) is 19.1 Å². The van der Waals surface area contributed by atoms with Crippen LogP contribution >= 0.6 is 23.2 Å². The molecule has 0 bridgehead atoms. The Kier molecular flexibility index (Phi) is 4.97. The van der Waals surface area contributed by atoms with E-state index in [4.69, 9.17) is 27.9 Å². The zero-order valence-electron chi connectivity index (χ0n) is 13.2. The molecule has 3 rings (SSSR count). The Balaban J connectivity index is 2.03.